The number of thiazole rings is 1. The van der Waals surface area contributed by atoms with Crippen molar-refractivity contribution in [2.75, 3.05) is 31.2 Å². The smallest absolute Gasteiger partial charge is 0.351 e. The summed E-state index contributed by atoms with van der Waals surface area (Å²) >= 11 is 0.644. The molecule has 1 amide bonds. The minimum Gasteiger partial charge on any atom is -0.351 e. The second-order valence-electron chi connectivity index (χ2n) is 8.17. The first-order valence-corrected chi connectivity index (χ1v) is 13.2. The highest BCUT2D eigenvalue weighted by atomic mass is 32.2. The maximum absolute atomic E-state index is 14.6. The van der Waals surface area contributed by atoms with E-state index in [1.54, 1.807) is 0 Å². The van der Waals surface area contributed by atoms with Gasteiger partial charge in [-0.2, -0.15) is 13.2 Å². The summed E-state index contributed by atoms with van der Waals surface area (Å²) in [5, 5.41) is 3.00. The van der Waals surface area contributed by atoms with Crippen LogP contribution in [0.3, 0.4) is 0 Å². The Morgan fingerprint density at radius 3 is 2.50 bits per heavy atom. The van der Waals surface area contributed by atoms with Crippen LogP contribution in [0, 0.1) is 5.82 Å². The van der Waals surface area contributed by atoms with Gasteiger partial charge in [0.05, 0.1) is 23.9 Å². The molecule has 0 saturated carbocycles. The SMILES string of the molecule is CS(=O)(=O)N1CCC(Nc2ncc(F)c(-c3sc(CN4CCCC4=O)nc3C(F)(F)F)n2)CC1. The second-order valence-corrected chi connectivity index (χ2v) is 11.2. The number of likely N-dealkylation sites (tertiary alicyclic amines) is 1. The molecule has 9 nitrogen and oxygen atoms in total. The van der Waals surface area contributed by atoms with Crippen LogP contribution in [0.5, 0.6) is 0 Å². The maximum Gasteiger partial charge on any atom is 0.434 e. The molecule has 0 aliphatic carbocycles. The lowest BCUT2D eigenvalue weighted by Gasteiger charge is -2.30. The summed E-state index contributed by atoms with van der Waals surface area (Å²) in [4.78, 5) is 24.3. The first-order valence-electron chi connectivity index (χ1n) is 10.5. The largest absolute Gasteiger partial charge is 0.434 e. The van der Waals surface area contributed by atoms with E-state index in [0.717, 1.165) is 12.5 Å². The highest BCUT2D eigenvalue weighted by Crippen LogP contribution is 2.41. The summed E-state index contributed by atoms with van der Waals surface area (Å²) in [7, 11) is -3.31. The van der Waals surface area contributed by atoms with Crippen molar-refractivity contribution in [2.45, 2.75) is 44.4 Å². The number of sulfonamides is 1. The number of nitrogens with zero attached hydrogens (tertiary/aromatic N) is 5. The first-order chi connectivity index (χ1) is 15.9. The lowest BCUT2D eigenvalue weighted by Crippen LogP contribution is -2.42. The molecule has 0 atom stereocenters. The molecule has 34 heavy (non-hydrogen) atoms. The van der Waals surface area contributed by atoms with E-state index in [1.807, 2.05) is 0 Å². The third-order valence-electron chi connectivity index (χ3n) is 5.65. The number of anilines is 1. The summed E-state index contributed by atoms with van der Waals surface area (Å²) in [5.41, 5.74) is -1.79. The topological polar surface area (TPSA) is 108 Å². The molecule has 186 valence electrons. The quantitative estimate of drug-likeness (QED) is 0.581. The summed E-state index contributed by atoms with van der Waals surface area (Å²) < 4.78 is 80.3. The molecule has 2 aromatic rings. The monoisotopic (exact) mass is 522 g/mol. The first kappa shape index (κ1) is 24.7. The normalized spacial score (nSPS) is 18.6. The van der Waals surface area contributed by atoms with E-state index in [2.05, 4.69) is 20.3 Å². The van der Waals surface area contributed by atoms with Crippen LogP contribution < -0.4 is 5.32 Å². The Morgan fingerprint density at radius 2 is 1.91 bits per heavy atom. The number of alkyl halides is 3. The second kappa shape index (κ2) is 9.34. The number of carbonyl (C=O) groups excluding carboxylic acids is 1. The molecule has 0 spiro atoms. The standard InChI is InChI=1S/C19H22F4N6O3S2/c1-34(31,32)29-7-4-11(5-8-29)25-18-24-9-12(20)15(27-18)16-17(19(21,22)23)26-13(33-16)10-28-6-2-3-14(28)30/h9,11H,2-8,10H2,1H3,(H,24,25,27). The molecular formula is C19H22F4N6O3S2. The van der Waals surface area contributed by atoms with E-state index in [-0.39, 0.29) is 42.5 Å². The number of nitrogens with one attached hydrogen (secondary N) is 1. The molecule has 2 fully saturated rings. The van der Waals surface area contributed by atoms with Crippen LogP contribution in [0.15, 0.2) is 6.20 Å². The molecule has 4 rings (SSSR count). The predicted molar refractivity (Wildman–Crippen MR) is 116 cm³/mol. The Kier molecular flexibility index (Phi) is 6.79. The van der Waals surface area contributed by atoms with Crippen molar-refractivity contribution in [3.05, 3.63) is 22.7 Å². The van der Waals surface area contributed by atoms with Crippen molar-refractivity contribution in [1.29, 1.82) is 0 Å². The van der Waals surface area contributed by atoms with Crippen LogP contribution >= 0.6 is 11.3 Å². The summed E-state index contributed by atoms with van der Waals surface area (Å²) in [6.45, 7) is 0.902. The van der Waals surface area contributed by atoms with Gasteiger partial charge in [0.25, 0.3) is 0 Å². The number of hydrogen-bond donors (Lipinski definition) is 1. The van der Waals surface area contributed by atoms with E-state index < -0.39 is 38.3 Å². The highest BCUT2D eigenvalue weighted by molar-refractivity contribution is 7.88. The number of piperidine rings is 1. The molecule has 4 heterocycles. The average Bonchev–Trinajstić information content (AvgIpc) is 3.36. The predicted octanol–water partition coefficient (Wildman–Crippen LogP) is 2.72. The molecule has 2 saturated heterocycles. The summed E-state index contributed by atoms with van der Waals surface area (Å²) in [6, 6.07) is -0.225. The zero-order chi connectivity index (χ0) is 24.7. The van der Waals surface area contributed by atoms with E-state index in [4.69, 9.17) is 0 Å². The van der Waals surface area contributed by atoms with E-state index in [1.165, 1.54) is 9.21 Å². The molecule has 1 N–H and O–H groups in total. The average molecular weight is 523 g/mol. The molecule has 0 radical (unpaired) electrons. The third kappa shape index (κ3) is 5.46. The van der Waals surface area contributed by atoms with Crippen molar-refractivity contribution < 1.29 is 30.8 Å². The lowest BCUT2D eigenvalue weighted by molar-refractivity contribution is -0.140. The minimum atomic E-state index is -4.84. The fourth-order valence-corrected chi connectivity index (χ4v) is 5.89. The number of rotatable bonds is 6. The Morgan fingerprint density at radius 1 is 1.21 bits per heavy atom. The van der Waals surface area contributed by atoms with Crippen LogP contribution in [0.25, 0.3) is 10.6 Å². The van der Waals surface area contributed by atoms with Crippen LogP contribution in [0.4, 0.5) is 23.5 Å². The van der Waals surface area contributed by atoms with Gasteiger partial charge in [0.2, 0.25) is 21.9 Å². The molecule has 2 aliphatic rings. The Bertz CT molecular complexity index is 1180. The lowest BCUT2D eigenvalue weighted by atomic mass is 10.1. The Hall–Kier alpha value is -2.39. The Balaban J connectivity index is 1.58. The van der Waals surface area contributed by atoms with Gasteiger partial charge in [-0.05, 0) is 19.3 Å². The fourth-order valence-electron chi connectivity index (χ4n) is 3.93. The van der Waals surface area contributed by atoms with Crippen molar-refractivity contribution >= 4 is 33.2 Å². The van der Waals surface area contributed by atoms with Crippen molar-refractivity contribution in [1.82, 2.24) is 24.2 Å². The molecule has 2 aromatic heterocycles. The van der Waals surface area contributed by atoms with Gasteiger partial charge in [-0.1, -0.05) is 0 Å². The molecule has 0 aromatic carbocycles. The van der Waals surface area contributed by atoms with Gasteiger partial charge in [-0.15, -0.1) is 11.3 Å². The van der Waals surface area contributed by atoms with Crippen LogP contribution in [-0.2, 0) is 27.5 Å². The number of hydrogen-bond acceptors (Lipinski definition) is 8. The van der Waals surface area contributed by atoms with E-state index in [0.29, 0.717) is 43.6 Å². The fraction of sp³-hybridized carbons (Fsp3) is 0.579. The Labute approximate surface area is 197 Å². The van der Waals surface area contributed by atoms with Gasteiger partial charge < -0.3 is 10.2 Å². The van der Waals surface area contributed by atoms with E-state index >= 15 is 0 Å². The van der Waals surface area contributed by atoms with Crippen LogP contribution in [-0.4, -0.2) is 70.4 Å². The van der Waals surface area contributed by atoms with Gasteiger partial charge in [-0.3, -0.25) is 4.79 Å². The molecule has 0 unspecified atom stereocenters. The summed E-state index contributed by atoms with van der Waals surface area (Å²) in [5.74, 6) is -1.26. The van der Waals surface area contributed by atoms with Gasteiger partial charge in [-0.25, -0.2) is 32.1 Å². The maximum atomic E-state index is 14.6. The number of aromatic nitrogens is 3. The van der Waals surface area contributed by atoms with Crippen molar-refractivity contribution in [3.8, 4) is 10.6 Å². The van der Waals surface area contributed by atoms with E-state index in [9.17, 15) is 30.8 Å². The zero-order valence-electron chi connectivity index (χ0n) is 18.1. The van der Waals surface area contributed by atoms with Gasteiger partial charge in [0.1, 0.15) is 10.7 Å². The minimum absolute atomic E-state index is 0.0400. The number of carbonyl (C=O) groups is 1. The third-order valence-corrected chi connectivity index (χ3v) is 8.00. The van der Waals surface area contributed by atoms with Crippen molar-refractivity contribution in [3.63, 3.8) is 0 Å². The number of amides is 1. The molecular weight excluding hydrogens is 500 g/mol. The molecule has 15 heteroatoms. The molecule has 0 bridgehead atoms. The van der Waals surface area contributed by atoms with Gasteiger partial charge in [0.15, 0.2) is 11.5 Å². The van der Waals surface area contributed by atoms with Crippen LogP contribution in [0.2, 0.25) is 0 Å². The van der Waals surface area contributed by atoms with Crippen LogP contribution in [0.1, 0.15) is 36.4 Å². The van der Waals surface area contributed by atoms with Gasteiger partial charge >= 0.3 is 6.18 Å². The zero-order valence-corrected chi connectivity index (χ0v) is 19.7. The summed E-state index contributed by atoms with van der Waals surface area (Å²) in [6.07, 6.45) is -1.10. The molecule has 2 aliphatic heterocycles. The van der Waals surface area contributed by atoms with Crippen molar-refractivity contribution in [2.24, 2.45) is 0 Å². The highest BCUT2D eigenvalue weighted by Gasteiger charge is 2.39. The van der Waals surface area contributed by atoms with Gasteiger partial charge in [0, 0.05) is 32.1 Å². The number of halogens is 4.